The summed E-state index contributed by atoms with van der Waals surface area (Å²) in [4.78, 5) is 0. The maximum Gasteiger partial charge on any atom is 0.121 e. The molecule has 0 saturated carbocycles. The van der Waals surface area contributed by atoms with Crippen molar-refractivity contribution >= 4 is 0 Å². The molecule has 0 unspecified atom stereocenters. The Bertz CT molecular complexity index is 238. The fourth-order valence-corrected chi connectivity index (χ4v) is 1.98. The predicted octanol–water partition coefficient (Wildman–Crippen LogP) is 6.34. The van der Waals surface area contributed by atoms with Crippen LogP contribution in [0.15, 0.2) is 36.6 Å². The fourth-order valence-electron chi connectivity index (χ4n) is 1.98. The Morgan fingerprint density at radius 2 is 1.32 bits per heavy atom. The molecule has 0 rings (SSSR count). The maximum absolute atomic E-state index is 4.55. The zero-order valence-corrected chi connectivity index (χ0v) is 12.7. The molecule has 0 aliphatic rings. The highest BCUT2D eigenvalue weighted by Crippen LogP contribution is 2.10. The summed E-state index contributed by atoms with van der Waals surface area (Å²) in [6.07, 6.45) is 25.4. The second kappa shape index (κ2) is 17.0. The highest BCUT2D eigenvalue weighted by molar-refractivity contribution is 5.09. The van der Waals surface area contributed by atoms with E-state index >= 15 is 0 Å². The van der Waals surface area contributed by atoms with E-state index in [9.17, 15) is 0 Å². The molecular weight excluding hydrogens is 232 g/mol. The van der Waals surface area contributed by atoms with Crippen molar-refractivity contribution in [2.45, 2.75) is 71.1 Å². The first-order chi connectivity index (χ1) is 9.41. The molecule has 0 atom stereocenters. The van der Waals surface area contributed by atoms with E-state index in [1.165, 1.54) is 64.2 Å². The number of hydrogen-bond donors (Lipinski definition) is 0. The molecule has 0 spiro atoms. The zero-order valence-electron chi connectivity index (χ0n) is 12.7. The molecule has 1 radical (unpaired) electrons. The number of ether oxygens (including phenoxy) is 1. The van der Waals surface area contributed by atoms with Crippen LogP contribution < -0.4 is 0 Å². The molecule has 0 saturated heterocycles. The average Bonchev–Trinajstić information content (AvgIpc) is 2.43. The molecule has 0 aliphatic carbocycles. The van der Waals surface area contributed by atoms with Crippen molar-refractivity contribution in [3.8, 4) is 0 Å². The van der Waals surface area contributed by atoms with E-state index in [-0.39, 0.29) is 0 Å². The standard InChI is InChI=1S/C18H31O/c1-3-4-5-6-7-8-9-10-11-12-13-14-15-16-17-18-19-2/h13-18H,2-12H2,1H3. The van der Waals surface area contributed by atoms with Gasteiger partial charge in [-0.05, 0) is 18.9 Å². The summed E-state index contributed by atoms with van der Waals surface area (Å²) in [6, 6.07) is 0. The quantitative estimate of drug-likeness (QED) is 0.214. The van der Waals surface area contributed by atoms with Crippen molar-refractivity contribution in [3.05, 3.63) is 43.8 Å². The summed E-state index contributed by atoms with van der Waals surface area (Å²) < 4.78 is 4.55. The second-order valence-electron chi connectivity index (χ2n) is 4.93. The minimum Gasteiger partial charge on any atom is -0.498 e. The molecule has 109 valence electrons. The molecule has 0 heterocycles. The molecule has 0 fully saturated rings. The van der Waals surface area contributed by atoms with Gasteiger partial charge in [0.25, 0.3) is 0 Å². The molecule has 1 heteroatoms. The molecule has 0 N–H and O–H groups in total. The van der Waals surface area contributed by atoms with Gasteiger partial charge in [-0.15, -0.1) is 0 Å². The summed E-state index contributed by atoms with van der Waals surface area (Å²) in [7, 11) is 3.25. The van der Waals surface area contributed by atoms with Crippen molar-refractivity contribution in [3.63, 3.8) is 0 Å². The van der Waals surface area contributed by atoms with Crippen LogP contribution in [0, 0.1) is 7.11 Å². The van der Waals surface area contributed by atoms with Crippen molar-refractivity contribution < 1.29 is 4.74 Å². The van der Waals surface area contributed by atoms with E-state index in [2.05, 4.69) is 30.9 Å². The fraction of sp³-hybridized carbons (Fsp3) is 0.611. The Hall–Kier alpha value is -0.980. The highest BCUT2D eigenvalue weighted by atomic mass is 16.5. The first-order valence-electron chi connectivity index (χ1n) is 7.81. The predicted molar refractivity (Wildman–Crippen MR) is 85.7 cm³/mol. The van der Waals surface area contributed by atoms with Gasteiger partial charge in [-0.2, -0.15) is 0 Å². The van der Waals surface area contributed by atoms with Gasteiger partial charge in [0.15, 0.2) is 0 Å². The van der Waals surface area contributed by atoms with Crippen LogP contribution in [0.1, 0.15) is 71.1 Å². The lowest BCUT2D eigenvalue weighted by Crippen LogP contribution is -1.80. The van der Waals surface area contributed by atoms with Crippen LogP contribution in [-0.4, -0.2) is 0 Å². The molecule has 0 aliphatic heterocycles. The lowest BCUT2D eigenvalue weighted by molar-refractivity contribution is 0.394. The summed E-state index contributed by atoms with van der Waals surface area (Å²) in [5.41, 5.74) is 0. The maximum atomic E-state index is 4.55. The number of allylic oxidation sites excluding steroid dienone is 5. The SMILES string of the molecule is [CH2]OC=CC=CC=CCCCCCCCCCCC. The number of hydrogen-bond acceptors (Lipinski definition) is 1. The molecule has 19 heavy (non-hydrogen) atoms. The van der Waals surface area contributed by atoms with Crippen LogP contribution in [0.2, 0.25) is 0 Å². The van der Waals surface area contributed by atoms with Crippen LogP contribution in [0.5, 0.6) is 0 Å². The van der Waals surface area contributed by atoms with Gasteiger partial charge in [0.05, 0.1) is 6.26 Å². The summed E-state index contributed by atoms with van der Waals surface area (Å²) in [5.74, 6) is 0. The van der Waals surface area contributed by atoms with Gasteiger partial charge in [-0.3, -0.25) is 0 Å². The van der Waals surface area contributed by atoms with E-state index in [0.29, 0.717) is 0 Å². The monoisotopic (exact) mass is 263 g/mol. The topological polar surface area (TPSA) is 9.23 Å². The van der Waals surface area contributed by atoms with Gasteiger partial charge in [-0.1, -0.05) is 82.6 Å². The highest BCUT2D eigenvalue weighted by Gasteiger charge is 1.90. The largest absolute Gasteiger partial charge is 0.498 e. The van der Waals surface area contributed by atoms with Gasteiger partial charge in [0.1, 0.15) is 7.11 Å². The molecule has 1 nitrogen and oxygen atoms in total. The molecule has 0 amide bonds. The summed E-state index contributed by atoms with van der Waals surface area (Å²) in [6.45, 7) is 2.27. The summed E-state index contributed by atoms with van der Waals surface area (Å²) in [5, 5.41) is 0. The number of unbranched alkanes of at least 4 members (excludes halogenated alkanes) is 9. The Morgan fingerprint density at radius 1 is 0.737 bits per heavy atom. The van der Waals surface area contributed by atoms with Crippen LogP contribution in [0.4, 0.5) is 0 Å². The summed E-state index contributed by atoms with van der Waals surface area (Å²) >= 11 is 0. The Balaban J connectivity index is 3.16. The van der Waals surface area contributed by atoms with Crippen molar-refractivity contribution in [1.82, 2.24) is 0 Å². The van der Waals surface area contributed by atoms with E-state index in [0.717, 1.165) is 0 Å². The van der Waals surface area contributed by atoms with Crippen molar-refractivity contribution in [1.29, 1.82) is 0 Å². The zero-order chi connectivity index (χ0) is 14.0. The first-order valence-corrected chi connectivity index (χ1v) is 7.81. The lowest BCUT2D eigenvalue weighted by atomic mass is 10.1. The van der Waals surface area contributed by atoms with E-state index in [1.807, 2.05) is 18.2 Å². The normalized spacial score (nSPS) is 12.1. The Labute approximate surface area is 120 Å². The van der Waals surface area contributed by atoms with E-state index in [4.69, 9.17) is 0 Å². The van der Waals surface area contributed by atoms with Crippen LogP contribution in [-0.2, 0) is 4.74 Å². The molecular formula is C18H31O. The van der Waals surface area contributed by atoms with Gasteiger partial charge in [-0.25, -0.2) is 0 Å². The van der Waals surface area contributed by atoms with Crippen LogP contribution in [0.25, 0.3) is 0 Å². The Morgan fingerprint density at radius 3 is 1.95 bits per heavy atom. The van der Waals surface area contributed by atoms with Gasteiger partial charge in [0.2, 0.25) is 0 Å². The molecule has 0 aromatic rings. The third-order valence-electron chi connectivity index (χ3n) is 3.12. The lowest BCUT2D eigenvalue weighted by Gasteiger charge is -2.00. The van der Waals surface area contributed by atoms with Crippen molar-refractivity contribution in [2.24, 2.45) is 0 Å². The minimum absolute atomic E-state index is 1.19. The number of rotatable bonds is 13. The molecule has 0 aromatic carbocycles. The van der Waals surface area contributed by atoms with Gasteiger partial charge >= 0.3 is 0 Å². The second-order valence-corrected chi connectivity index (χ2v) is 4.93. The molecule has 0 aromatic heterocycles. The third kappa shape index (κ3) is 17.0. The van der Waals surface area contributed by atoms with E-state index in [1.54, 1.807) is 6.26 Å². The van der Waals surface area contributed by atoms with Gasteiger partial charge < -0.3 is 4.74 Å². The van der Waals surface area contributed by atoms with Gasteiger partial charge in [0, 0.05) is 0 Å². The van der Waals surface area contributed by atoms with Crippen LogP contribution >= 0.6 is 0 Å². The first kappa shape index (κ1) is 18.0. The van der Waals surface area contributed by atoms with Crippen LogP contribution in [0.3, 0.4) is 0 Å². The van der Waals surface area contributed by atoms with E-state index < -0.39 is 0 Å². The van der Waals surface area contributed by atoms with Crippen molar-refractivity contribution in [2.75, 3.05) is 0 Å². The minimum atomic E-state index is 1.19. The molecule has 0 bridgehead atoms. The third-order valence-corrected chi connectivity index (χ3v) is 3.12. The Kier molecular flexibility index (Phi) is 16.1. The smallest absolute Gasteiger partial charge is 0.121 e. The average molecular weight is 263 g/mol.